The van der Waals surface area contributed by atoms with E-state index in [0.29, 0.717) is 6.42 Å². The molecule has 0 bridgehead atoms. The van der Waals surface area contributed by atoms with Crippen molar-refractivity contribution in [3.05, 3.63) is 76.0 Å². The molecule has 24 heavy (non-hydrogen) atoms. The molecule has 0 aliphatic rings. The van der Waals surface area contributed by atoms with E-state index in [1.165, 1.54) is 5.56 Å². The molecule has 0 saturated heterocycles. The van der Waals surface area contributed by atoms with E-state index in [0.717, 1.165) is 34.8 Å². The van der Waals surface area contributed by atoms with Crippen LogP contribution in [0.2, 0.25) is 0 Å². The van der Waals surface area contributed by atoms with Crippen LogP contribution in [0.1, 0.15) is 21.8 Å². The van der Waals surface area contributed by atoms with E-state index in [4.69, 9.17) is 0 Å². The lowest BCUT2D eigenvalue weighted by Gasteiger charge is -2.04. The summed E-state index contributed by atoms with van der Waals surface area (Å²) in [4.78, 5) is 20.7. The summed E-state index contributed by atoms with van der Waals surface area (Å²) >= 11 is 1.61. The number of amides is 1. The number of anilines is 1. The highest BCUT2D eigenvalue weighted by atomic mass is 32.1. The van der Waals surface area contributed by atoms with Crippen LogP contribution in [0, 0.1) is 6.92 Å². The third-order valence-electron chi connectivity index (χ3n) is 3.62. The summed E-state index contributed by atoms with van der Waals surface area (Å²) in [5.74, 6) is -0.0356. The van der Waals surface area contributed by atoms with Gasteiger partial charge in [0.15, 0.2) is 0 Å². The Balaban J connectivity index is 1.53. The zero-order valence-electron chi connectivity index (χ0n) is 13.5. The molecule has 0 radical (unpaired) electrons. The van der Waals surface area contributed by atoms with Gasteiger partial charge in [-0.3, -0.25) is 9.78 Å². The first-order valence-corrected chi connectivity index (χ1v) is 8.76. The van der Waals surface area contributed by atoms with Gasteiger partial charge in [-0.25, -0.2) is 4.98 Å². The summed E-state index contributed by atoms with van der Waals surface area (Å²) in [6, 6.07) is 11.8. The Bertz CT molecular complexity index is 814. The molecular weight excluding hydrogens is 318 g/mol. The number of pyridine rings is 1. The van der Waals surface area contributed by atoms with Gasteiger partial charge in [0, 0.05) is 29.9 Å². The highest BCUT2D eigenvalue weighted by molar-refractivity contribution is 7.09. The number of rotatable bonds is 6. The monoisotopic (exact) mass is 337 g/mol. The van der Waals surface area contributed by atoms with E-state index in [1.807, 2.05) is 48.7 Å². The Kier molecular flexibility index (Phi) is 5.33. The molecule has 5 heteroatoms. The molecule has 2 aromatic heterocycles. The van der Waals surface area contributed by atoms with Crippen molar-refractivity contribution in [1.82, 2.24) is 9.97 Å². The summed E-state index contributed by atoms with van der Waals surface area (Å²) in [5, 5.41) is 5.95. The number of benzene rings is 1. The molecule has 3 rings (SSSR count). The molecule has 0 aliphatic carbocycles. The normalized spacial score (nSPS) is 10.5. The Morgan fingerprint density at radius 1 is 1.17 bits per heavy atom. The second-order valence-corrected chi connectivity index (χ2v) is 6.63. The summed E-state index contributed by atoms with van der Waals surface area (Å²) in [5.41, 5.74) is 4.03. The fraction of sp³-hybridized carbons (Fsp3) is 0.211. The molecule has 1 amide bonds. The third-order valence-corrected chi connectivity index (χ3v) is 4.58. The molecule has 0 spiro atoms. The smallest absolute Gasteiger partial charge is 0.230 e. The Morgan fingerprint density at radius 3 is 2.79 bits per heavy atom. The number of aromatic nitrogens is 2. The molecule has 4 nitrogen and oxygen atoms in total. The van der Waals surface area contributed by atoms with Crippen molar-refractivity contribution in [2.75, 3.05) is 5.32 Å². The molecule has 0 fully saturated rings. The number of thiazole rings is 1. The molecule has 1 aromatic carbocycles. The first-order chi connectivity index (χ1) is 11.7. The molecule has 1 N–H and O–H groups in total. The van der Waals surface area contributed by atoms with E-state index in [9.17, 15) is 4.79 Å². The second kappa shape index (κ2) is 7.84. The van der Waals surface area contributed by atoms with Gasteiger partial charge < -0.3 is 5.32 Å². The molecule has 0 atom stereocenters. The number of nitrogens with zero attached hydrogens (tertiary/aromatic N) is 2. The van der Waals surface area contributed by atoms with Crippen LogP contribution in [-0.4, -0.2) is 15.9 Å². The van der Waals surface area contributed by atoms with Crippen molar-refractivity contribution in [2.24, 2.45) is 0 Å². The predicted octanol–water partition coefficient (Wildman–Crippen LogP) is 3.81. The maximum absolute atomic E-state index is 12.1. The zero-order valence-corrected chi connectivity index (χ0v) is 14.3. The third kappa shape index (κ3) is 4.73. The van der Waals surface area contributed by atoms with Crippen molar-refractivity contribution in [3.63, 3.8) is 0 Å². The second-order valence-electron chi connectivity index (χ2n) is 5.68. The van der Waals surface area contributed by atoms with E-state index < -0.39 is 0 Å². The van der Waals surface area contributed by atoms with Gasteiger partial charge in [0.1, 0.15) is 0 Å². The van der Waals surface area contributed by atoms with Gasteiger partial charge in [-0.05, 0) is 48.7 Å². The van der Waals surface area contributed by atoms with E-state index >= 15 is 0 Å². The Morgan fingerprint density at radius 2 is 2.00 bits per heavy atom. The average Bonchev–Trinajstić information content (AvgIpc) is 3.01. The summed E-state index contributed by atoms with van der Waals surface area (Å²) in [6.07, 6.45) is 5.73. The Hall–Kier alpha value is -2.53. The lowest BCUT2D eigenvalue weighted by molar-refractivity contribution is -0.115. The summed E-state index contributed by atoms with van der Waals surface area (Å²) in [7, 11) is 0. The fourth-order valence-electron chi connectivity index (χ4n) is 2.44. The van der Waals surface area contributed by atoms with Crippen molar-refractivity contribution in [3.8, 4) is 0 Å². The summed E-state index contributed by atoms with van der Waals surface area (Å²) in [6.45, 7) is 2.01. The minimum Gasteiger partial charge on any atom is -0.326 e. The average molecular weight is 337 g/mol. The van der Waals surface area contributed by atoms with Crippen molar-refractivity contribution < 1.29 is 4.79 Å². The molecule has 2 heterocycles. The maximum Gasteiger partial charge on any atom is 0.230 e. The van der Waals surface area contributed by atoms with Crippen LogP contribution in [-0.2, 0) is 24.1 Å². The van der Waals surface area contributed by atoms with Crippen LogP contribution in [0.3, 0.4) is 0 Å². The number of aryl methyl sites for hydroxylation is 3. The zero-order chi connectivity index (χ0) is 16.8. The standard InChI is InChI=1S/C19H19N3OS/c1-14-3-2-4-16(11-14)21-18(23)12-17-13-24-19(22-17)6-5-15-7-9-20-10-8-15/h2-4,7-11,13H,5-6,12H2,1H3,(H,21,23). The first-order valence-electron chi connectivity index (χ1n) is 7.88. The van der Waals surface area contributed by atoms with Crippen LogP contribution < -0.4 is 5.32 Å². The van der Waals surface area contributed by atoms with Crippen LogP contribution >= 0.6 is 11.3 Å². The largest absolute Gasteiger partial charge is 0.326 e. The van der Waals surface area contributed by atoms with Crippen molar-refractivity contribution in [2.45, 2.75) is 26.2 Å². The van der Waals surface area contributed by atoms with E-state index in [-0.39, 0.29) is 5.91 Å². The van der Waals surface area contributed by atoms with Gasteiger partial charge in [0.2, 0.25) is 5.91 Å². The minimum atomic E-state index is -0.0356. The number of hydrogen-bond donors (Lipinski definition) is 1. The van der Waals surface area contributed by atoms with Crippen LogP contribution in [0.4, 0.5) is 5.69 Å². The molecular formula is C19H19N3OS. The van der Waals surface area contributed by atoms with Crippen LogP contribution in [0.15, 0.2) is 54.2 Å². The van der Waals surface area contributed by atoms with Crippen molar-refractivity contribution >= 4 is 22.9 Å². The SMILES string of the molecule is Cc1cccc(NC(=O)Cc2csc(CCc3ccncc3)n2)c1. The summed E-state index contributed by atoms with van der Waals surface area (Å²) < 4.78 is 0. The number of nitrogens with one attached hydrogen (secondary N) is 1. The molecule has 0 aliphatic heterocycles. The topological polar surface area (TPSA) is 54.9 Å². The van der Waals surface area contributed by atoms with Gasteiger partial charge in [0.25, 0.3) is 0 Å². The highest BCUT2D eigenvalue weighted by Gasteiger charge is 2.08. The van der Waals surface area contributed by atoms with Crippen LogP contribution in [0.25, 0.3) is 0 Å². The minimum absolute atomic E-state index is 0.0356. The molecule has 0 unspecified atom stereocenters. The Labute approximate surface area is 145 Å². The molecule has 122 valence electrons. The number of carbonyl (C=O) groups is 1. The van der Waals surface area contributed by atoms with Gasteiger partial charge >= 0.3 is 0 Å². The van der Waals surface area contributed by atoms with Gasteiger partial charge in [0.05, 0.1) is 17.1 Å². The number of carbonyl (C=O) groups excluding carboxylic acids is 1. The maximum atomic E-state index is 12.1. The fourth-order valence-corrected chi connectivity index (χ4v) is 3.24. The van der Waals surface area contributed by atoms with Gasteiger partial charge in [-0.2, -0.15) is 0 Å². The lowest BCUT2D eigenvalue weighted by atomic mass is 10.1. The predicted molar refractivity (Wildman–Crippen MR) is 97.3 cm³/mol. The van der Waals surface area contributed by atoms with Crippen molar-refractivity contribution in [1.29, 1.82) is 0 Å². The van der Waals surface area contributed by atoms with Gasteiger partial charge in [-0.1, -0.05) is 12.1 Å². The van der Waals surface area contributed by atoms with Gasteiger partial charge in [-0.15, -0.1) is 11.3 Å². The quantitative estimate of drug-likeness (QED) is 0.744. The highest BCUT2D eigenvalue weighted by Crippen LogP contribution is 2.15. The van der Waals surface area contributed by atoms with E-state index in [2.05, 4.69) is 15.3 Å². The van der Waals surface area contributed by atoms with Crippen LogP contribution in [0.5, 0.6) is 0 Å². The lowest BCUT2D eigenvalue weighted by Crippen LogP contribution is -2.14. The molecule has 3 aromatic rings. The molecule has 0 saturated carbocycles. The first kappa shape index (κ1) is 16.3. The number of hydrogen-bond acceptors (Lipinski definition) is 4. The van der Waals surface area contributed by atoms with E-state index in [1.54, 1.807) is 23.7 Å².